The highest BCUT2D eigenvalue weighted by atomic mass is 32.2. The van der Waals surface area contributed by atoms with Gasteiger partial charge in [0.15, 0.2) is 0 Å². The number of aliphatic hydroxyl groups is 2. The minimum absolute atomic E-state index is 1.17. The van der Waals surface area contributed by atoms with Crippen molar-refractivity contribution in [3.05, 3.63) is 0 Å². The molecule has 0 unspecified atom stereocenters. The Morgan fingerprint density at radius 1 is 0.476 bits per heavy atom. The van der Waals surface area contributed by atoms with Crippen LogP contribution >= 0.6 is 0 Å². The summed E-state index contributed by atoms with van der Waals surface area (Å²) in [5.74, 6) is -44.1. The molecule has 28 heteroatoms. The second-order valence-corrected chi connectivity index (χ2v) is 10.6. The summed E-state index contributed by atoms with van der Waals surface area (Å²) in [5.41, 5.74) is 0. The van der Waals surface area contributed by atoms with Crippen LogP contribution in [0.1, 0.15) is 19.8 Å². The average molecular weight is 718 g/mol. The van der Waals surface area contributed by atoms with E-state index in [9.17, 15) is 95.9 Å². The molecule has 8 nitrogen and oxygen atoms in total. The quantitative estimate of drug-likeness (QED) is 0.143. The maximum absolute atomic E-state index is 12.7. The van der Waals surface area contributed by atoms with Crippen molar-refractivity contribution in [3.63, 3.8) is 0 Å². The largest absolute Gasteiger partial charge is 0.460 e. The molecule has 0 aromatic heterocycles. The molecule has 0 saturated carbocycles. The fraction of sp³-hybridized carbons (Fsp3) is 1.00. The Hall–Kier alpha value is -1.52. The van der Waals surface area contributed by atoms with Crippen molar-refractivity contribution in [3.8, 4) is 0 Å². The molecule has 0 bridgehead atoms. The first-order valence-corrected chi connectivity index (χ1v) is 12.5. The summed E-state index contributed by atoms with van der Waals surface area (Å²) in [5, 5.41) is 15.2. The van der Waals surface area contributed by atoms with Crippen LogP contribution in [0, 0.1) is 0 Å². The van der Waals surface area contributed by atoms with Gasteiger partial charge in [-0.1, -0.05) is 0 Å². The van der Waals surface area contributed by atoms with Gasteiger partial charge in [-0.2, -0.15) is 95.9 Å². The lowest BCUT2D eigenvalue weighted by Gasteiger charge is -2.33. The first-order chi connectivity index (χ1) is 17.6. The molecule has 0 aliphatic heterocycles. The molecule has 0 rings (SSSR count). The third kappa shape index (κ3) is 12.2. The lowest BCUT2D eigenvalue weighted by molar-refractivity contribution is -0.396. The number of hydrogen-bond acceptors (Lipinski definition) is 6. The number of aliphatic hydroxyl groups excluding tert-OH is 1. The van der Waals surface area contributed by atoms with Gasteiger partial charge in [0.2, 0.25) is 0 Å². The molecule has 0 aliphatic carbocycles. The molecule has 42 heavy (non-hydrogen) atoms. The van der Waals surface area contributed by atoms with E-state index in [1.54, 1.807) is 0 Å². The smallest absolute Gasteiger partial charge is 0.368 e. The van der Waals surface area contributed by atoms with Crippen LogP contribution in [0.15, 0.2) is 0 Å². The predicted molar refractivity (Wildman–Crippen MR) is 97.8 cm³/mol. The van der Waals surface area contributed by atoms with Gasteiger partial charge in [0.25, 0.3) is 20.2 Å². The van der Waals surface area contributed by atoms with Crippen LogP contribution in [0.3, 0.4) is 0 Å². The van der Waals surface area contributed by atoms with Gasteiger partial charge >= 0.3 is 47.9 Å². The van der Waals surface area contributed by atoms with Gasteiger partial charge < -0.3 is 10.2 Å². The summed E-state index contributed by atoms with van der Waals surface area (Å²) < 4.78 is 276. The van der Waals surface area contributed by atoms with Crippen molar-refractivity contribution >= 4 is 20.2 Å². The van der Waals surface area contributed by atoms with Crippen LogP contribution in [0.2, 0.25) is 0 Å². The van der Waals surface area contributed by atoms with Crippen molar-refractivity contribution in [1.82, 2.24) is 0 Å². The topological polar surface area (TPSA) is 149 Å². The minimum Gasteiger partial charge on any atom is -0.368 e. The molecule has 0 aromatic rings. The Kier molecular flexibility index (Phi) is 14.6. The van der Waals surface area contributed by atoms with Crippen LogP contribution in [0.5, 0.6) is 0 Å². The van der Waals surface area contributed by atoms with Gasteiger partial charge in [0.05, 0.1) is 11.5 Å². The molecule has 0 aromatic carbocycles. The second-order valence-electron chi connectivity index (χ2n) is 7.41. The molecular formula is C14H16F18O8S2. The van der Waals surface area contributed by atoms with Crippen molar-refractivity contribution in [2.45, 2.75) is 73.9 Å². The highest BCUT2D eigenvalue weighted by molar-refractivity contribution is 7.86. The third-order valence-electron chi connectivity index (χ3n) is 3.77. The van der Waals surface area contributed by atoms with Gasteiger partial charge in [-0.05, 0) is 6.92 Å². The standard InChI is InChI=1S/2C6H5F9O3S.C2H6O2/c2*7-3(8,1-2-19(16,17)18)4(9,10)5(11,12)6(13,14)15;1-2(3)4/h2*1-2H2,(H,16,17,18);2-4H,1H3. The summed E-state index contributed by atoms with van der Waals surface area (Å²) >= 11 is 0. The van der Waals surface area contributed by atoms with E-state index < -0.39 is 98.8 Å². The van der Waals surface area contributed by atoms with E-state index in [-0.39, 0.29) is 0 Å². The highest BCUT2D eigenvalue weighted by Crippen LogP contribution is 2.55. The molecule has 0 fully saturated rings. The van der Waals surface area contributed by atoms with E-state index >= 15 is 0 Å². The molecule has 0 amide bonds. The second kappa shape index (κ2) is 13.6. The fourth-order valence-electron chi connectivity index (χ4n) is 1.64. The van der Waals surface area contributed by atoms with E-state index in [0.717, 1.165) is 0 Å². The van der Waals surface area contributed by atoms with E-state index in [1.165, 1.54) is 6.92 Å². The molecule has 258 valence electrons. The van der Waals surface area contributed by atoms with Crippen LogP contribution in [-0.4, -0.2) is 102 Å². The maximum atomic E-state index is 12.7. The molecular weight excluding hydrogens is 702 g/mol. The van der Waals surface area contributed by atoms with Gasteiger partial charge in [-0.15, -0.1) is 0 Å². The van der Waals surface area contributed by atoms with Gasteiger partial charge in [0, 0.05) is 12.8 Å². The van der Waals surface area contributed by atoms with Crippen LogP contribution < -0.4 is 0 Å². The number of alkyl halides is 18. The Labute approximate surface area is 221 Å². The number of hydrogen-bond donors (Lipinski definition) is 4. The molecule has 0 heterocycles. The summed E-state index contributed by atoms with van der Waals surface area (Å²) in [4.78, 5) is 0. The minimum atomic E-state index is -7.07. The Balaban J connectivity index is -0.000000641. The molecule has 4 N–H and O–H groups in total. The third-order valence-corrected chi connectivity index (χ3v) is 5.21. The van der Waals surface area contributed by atoms with Crippen molar-refractivity contribution in [2.75, 3.05) is 11.5 Å². The monoisotopic (exact) mass is 718 g/mol. The van der Waals surface area contributed by atoms with E-state index in [0.29, 0.717) is 0 Å². The van der Waals surface area contributed by atoms with Crippen molar-refractivity contribution < 1.29 is 115 Å². The van der Waals surface area contributed by atoms with Gasteiger partial charge in [-0.3, -0.25) is 9.11 Å². The maximum Gasteiger partial charge on any atom is 0.460 e. The normalized spacial score (nSPS) is 15.0. The van der Waals surface area contributed by atoms with Crippen LogP contribution in [0.4, 0.5) is 79.0 Å². The SMILES string of the molecule is CC(O)O.O=S(=O)(O)CCC(F)(F)C(F)(F)C(F)(F)C(F)(F)F.O=S(=O)(O)CCC(F)(F)C(F)(F)C(F)(F)C(F)(F)F. The zero-order valence-electron chi connectivity index (χ0n) is 19.4. The average Bonchev–Trinajstić information content (AvgIpc) is 2.68. The number of rotatable bonds is 10. The summed E-state index contributed by atoms with van der Waals surface area (Å²) in [6.45, 7) is 1.28. The zero-order chi connectivity index (χ0) is 35.4. The van der Waals surface area contributed by atoms with E-state index in [4.69, 9.17) is 19.3 Å². The molecule has 0 atom stereocenters. The summed E-state index contributed by atoms with van der Waals surface area (Å²) in [7, 11) is -10.5. The Morgan fingerprint density at radius 2 is 0.643 bits per heavy atom. The first-order valence-electron chi connectivity index (χ1n) is 9.31. The fourth-order valence-corrected chi connectivity index (χ4v) is 2.67. The van der Waals surface area contributed by atoms with E-state index in [1.807, 2.05) is 0 Å². The summed E-state index contributed by atoms with van der Waals surface area (Å²) in [6.07, 6.45) is -20.3. The van der Waals surface area contributed by atoms with Crippen molar-refractivity contribution in [1.29, 1.82) is 0 Å². The lowest BCUT2D eigenvalue weighted by Crippen LogP contribution is -2.61. The van der Waals surface area contributed by atoms with Crippen LogP contribution in [-0.2, 0) is 20.2 Å². The predicted octanol–water partition coefficient (Wildman–Crippen LogP) is 4.78. The van der Waals surface area contributed by atoms with Gasteiger partial charge in [0.1, 0.15) is 6.29 Å². The summed E-state index contributed by atoms with van der Waals surface area (Å²) in [6, 6.07) is 0. The molecule has 0 aliphatic rings. The highest BCUT2D eigenvalue weighted by Gasteiger charge is 2.82. The lowest BCUT2D eigenvalue weighted by atomic mass is 10.0. The molecule has 0 spiro atoms. The molecule has 0 radical (unpaired) electrons. The van der Waals surface area contributed by atoms with Gasteiger partial charge in [-0.25, -0.2) is 0 Å². The molecule has 0 saturated heterocycles. The zero-order valence-corrected chi connectivity index (χ0v) is 21.1. The van der Waals surface area contributed by atoms with Crippen LogP contribution in [0.25, 0.3) is 0 Å². The Morgan fingerprint density at radius 3 is 0.762 bits per heavy atom. The Bertz CT molecular complexity index is 980. The first kappa shape index (κ1) is 44.9. The van der Waals surface area contributed by atoms with Crippen molar-refractivity contribution in [2.24, 2.45) is 0 Å². The van der Waals surface area contributed by atoms with E-state index in [2.05, 4.69) is 0 Å². The number of halogens is 18.